The molecule has 0 radical (unpaired) electrons. The molecule has 0 aliphatic rings. The van der Waals surface area contributed by atoms with Crippen molar-refractivity contribution in [3.05, 3.63) is 170 Å². The average molecular weight is 581 g/mol. The van der Waals surface area contributed by atoms with Gasteiger partial charge < -0.3 is 4.42 Å². The second-order valence-corrected chi connectivity index (χ2v) is 11.0. The van der Waals surface area contributed by atoms with Gasteiger partial charge in [0, 0.05) is 16.3 Å². The van der Waals surface area contributed by atoms with Crippen LogP contribution in [0.3, 0.4) is 0 Å². The lowest BCUT2D eigenvalue weighted by Gasteiger charge is -2.20. The van der Waals surface area contributed by atoms with Crippen molar-refractivity contribution in [3.63, 3.8) is 0 Å². The Bertz CT molecular complexity index is 2890. The molecule has 0 aliphatic heterocycles. The van der Waals surface area contributed by atoms with E-state index in [1.165, 1.54) is 0 Å². The predicted octanol–water partition coefficient (Wildman–Crippen LogP) is 12.6. The van der Waals surface area contributed by atoms with Crippen molar-refractivity contribution in [3.8, 4) is 44.5 Å². The molecule has 0 amide bonds. The van der Waals surface area contributed by atoms with E-state index in [1.54, 1.807) is 0 Å². The number of rotatable bonds is 4. The van der Waals surface area contributed by atoms with Gasteiger partial charge in [0.05, 0.1) is 11.0 Å². The molecule has 1 nitrogen and oxygen atoms in total. The molecule has 8 aromatic carbocycles. The first-order valence-electron chi connectivity index (χ1n) is 18.8. The molecule has 210 valence electrons. The molecule has 0 saturated carbocycles. The molecule has 1 heteroatoms. The monoisotopic (exact) mass is 580 g/mol. The van der Waals surface area contributed by atoms with Gasteiger partial charge in [-0.1, -0.05) is 145 Å². The second kappa shape index (κ2) is 10.4. The maximum atomic E-state index is 9.49. The Morgan fingerprint density at radius 3 is 1.62 bits per heavy atom. The lowest BCUT2D eigenvalue weighted by molar-refractivity contribution is 0.669. The Labute approximate surface area is 272 Å². The summed E-state index contributed by atoms with van der Waals surface area (Å²) in [6.07, 6.45) is 0. The lowest BCUT2D eigenvalue weighted by atomic mass is 9.82. The van der Waals surface area contributed by atoms with Crippen molar-refractivity contribution in [1.29, 1.82) is 0 Å². The largest absolute Gasteiger partial charge is 0.456 e. The van der Waals surface area contributed by atoms with Gasteiger partial charge >= 0.3 is 0 Å². The van der Waals surface area contributed by atoms with Gasteiger partial charge in [-0.25, -0.2) is 0 Å². The highest BCUT2D eigenvalue weighted by molar-refractivity contribution is 6.25. The van der Waals surface area contributed by atoms with Gasteiger partial charge in [0.15, 0.2) is 0 Å². The summed E-state index contributed by atoms with van der Waals surface area (Å²) in [4.78, 5) is 0. The Hall–Kier alpha value is -5.92. The van der Waals surface area contributed by atoms with Crippen LogP contribution in [0.25, 0.3) is 88.0 Å². The molecule has 9 rings (SSSR count). The van der Waals surface area contributed by atoms with E-state index in [9.17, 15) is 5.48 Å². The topological polar surface area (TPSA) is 13.1 Å². The third-order valence-corrected chi connectivity index (χ3v) is 8.51. The van der Waals surface area contributed by atoms with E-state index >= 15 is 0 Å². The molecule has 9 aromatic rings. The van der Waals surface area contributed by atoms with Crippen LogP contribution in [0.5, 0.6) is 0 Å². The normalized spacial score (nSPS) is 14.0. The third-order valence-electron chi connectivity index (χ3n) is 8.51. The van der Waals surface area contributed by atoms with E-state index in [0.29, 0.717) is 39.0 Å². The van der Waals surface area contributed by atoms with E-state index in [1.807, 2.05) is 121 Å². The third kappa shape index (κ3) is 4.09. The summed E-state index contributed by atoms with van der Waals surface area (Å²) in [6, 6.07) is 35.3. The quantitative estimate of drug-likeness (QED) is 0.189. The van der Waals surface area contributed by atoms with Crippen molar-refractivity contribution in [2.75, 3.05) is 0 Å². The average Bonchev–Trinajstić information content (AvgIpc) is 3.58. The number of hydrogen-bond acceptors (Lipinski definition) is 1. The molecule has 1 aromatic heterocycles. The van der Waals surface area contributed by atoms with Gasteiger partial charge in [-0.15, -0.1) is 0 Å². The summed E-state index contributed by atoms with van der Waals surface area (Å²) in [5.74, 6) is 0. The molecule has 45 heavy (non-hydrogen) atoms. The fraction of sp³-hybridized carbons (Fsp3) is 0. The summed E-state index contributed by atoms with van der Waals surface area (Å²) in [6.45, 7) is 0. The van der Waals surface area contributed by atoms with Gasteiger partial charge in [0.25, 0.3) is 0 Å². The predicted molar refractivity (Wildman–Crippen MR) is 190 cm³/mol. The zero-order valence-electron chi connectivity index (χ0n) is 32.0. The lowest BCUT2D eigenvalue weighted by Crippen LogP contribution is -1.93. The van der Waals surface area contributed by atoms with Crippen LogP contribution in [0.1, 0.15) is 11.0 Å². The maximum Gasteiger partial charge on any atom is 0.136 e. The standard InChI is InChI=1S/C44H28O/c1-3-14-29(15-4-1)31-18-13-19-32(28-31)41-33-20-7-9-22-35(33)43(36-23-10-8-21-34(36)41)38-26-27-40-44(37-24-11-12-25-39(37)45-40)42(38)30-16-5-2-6-17-30/h1-28H/i7D,8D,9D,10D,20D,21D,22D,23D. The fourth-order valence-electron chi connectivity index (χ4n) is 6.60. The number of benzene rings is 8. The van der Waals surface area contributed by atoms with E-state index in [-0.39, 0.29) is 45.7 Å². The van der Waals surface area contributed by atoms with Crippen LogP contribution in [0.2, 0.25) is 0 Å². The van der Waals surface area contributed by atoms with Crippen molar-refractivity contribution < 1.29 is 15.4 Å². The molecule has 1 heterocycles. The van der Waals surface area contributed by atoms with Crippen LogP contribution in [-0.4, -0.2) is 0 Å². The molecule has 0 atom stereocenters. The van der Waals surface area contributed by atoms with Crippen LogP contribution >= 0.6 is 0 Å². The first-order chi connectivity index (χ1) is 25.7. The van der Waals surface area contributed by atoms with E-state index in [0.717, 1.165) is 27.5 Å². The maximum absolute atomic E-state index is 9.49. The minimum Gasteiger partial charge on any atom is -0.456 e. The summed E-state index contributed by atoms with van der Waals surface area (Å²) in [7, 11) is 0. The summed E-state index contributed by atoms with van der Waals surface area (Å²) in [5.41, 5.74) is 6.29. The fourth-order valence-corrected chi connectivity index (χ4v) is 6.60. The van der Waals surface area contributed by atoms with Crippen LogP contribution in [-0.2, 0) is 0 Å². The highest BCUT2D eigenvalue weighted by Crippen LogP contribution is 2.49. The molecular formula is C44H28O. The van der Waals surface area contributed by atoms with Crippen molar-refractivity contribution in [2.45, 2.75) is 0 Å². The molecular weight excluding hydrogens is 544 g/mol. The van der Waals surface area contributed by atoms with Gasteiger partial charge in [-0.3, -0.25) is 0 Å². The van der Waals surface area contributed by atoms with Crippen molar-refractivity contribution >= 4 is 43.5 Å². The van der Waals surface area contributed by atoms with Crippen LogP contribution in [0.4, 0.5) is 0 Å². The SMILES string of the molecule is [2H]c1c([2H])c([2H])c2c(-c3ccc4oc5ccccc5c4c3-c3ccccc3)c3c([2H])c([2H])c([2H])c([2H])c3c(-c3cccc(-c4ccccc4)c3)c2c1[2H]. The van der Waals surface area contributed by atoms with Gasteiger partial charge in [0.2, 0.25) is 0 Å². The summed E-state index contributed by atoms with van der Waals surface area (Å²) < 4.78 is 79.6. The highest BCUT2D eigenvalue weighted by Gasteiger charge is 2.22. The number of para-hydroxylation sites is 1. The van der Waals surface area contributed by atoms with Crippen molar-refractivity contribution in [1.82, 2.24) is 0 Å². The molecule has 0 N–H and O–H groups in total. The summed E-state index contributed by atoms with van der Waals surface area (Å²) in [5, 5.41) is 2.30. The van der Waals surface area contributed by atoms with E-state index in [4.69, 9.17) is 9.90 Å². The highest BCUT2D eigenvalue weighted by atomic mass is 16.3. The van der Waals surface area contributed by atoms with Crippen LogP contribution in [0.15, 0.2) is 174 Å². The minimum absolute atomic E-state index is 0.165. The zero-order valence-corrected chi connectivity index (χ0v) is 24.0. The number of hydrogen-bond donors (Lipinski definition) is 0. The molecule has 0 unspecified atom stereocenters. The Balaban J connectivity index is 1.57. The van der Waals surface area contributed by atoms with Gasteiger partial charge in [-0.05, 0) is 84.8 Å². The van der Waals surface area contributed by atoms with Crippen LogP contribution < -0.4 is 0 Å². The number of furan rings is 1. The summed E-state index contributed by atoms with van der Waals surface area (Å²) >= 11 is 0. The van der Waals surface area contributed by atoms with Crippen LogP contribution in [0, 0.1) is 0 Å². The smallest absolute Gasteiger partial charge is 0.136 e. The zero-order chi connectivity index (χ0) is 36.7. The Morgan fingerprint density at radius 1 is 0.378 bits per heavy atom. The van der Waals surface area contributed by atoms with E-state index < -0.39 is 24.2 Å². The molecule has 0 fully saturated rings. The molecule has 0 bridgehead atoms. The molecule has 0 spiro atoms. The molecule has 0 saturated heterocycles. The minimum atomic E-state index is -0.441. The van der Waals surface area contributed by atoms with Crippen molar-refractivity contribution in [2.24, 2.45) is 0 Å². The Kier molecular flexibility index (Phi) is 4.30. The second-order valence-electron chi connectivity index (χ2n) is 11.0. The van der Waals surface area contributed by atoms with Gasteiger partial charge in [-0.2, -0.15) is 0 Å². The molecule has 0 aliphatic carbocycles. The first-order valence-corrected chi connectivity index (χ1v) is 14.8. The number of fused-ring (bicyclic) bond motifs is 5. The first kappa shape index (κ1) is 18.7. The van der Waals surface area contributed by atoms with Gasteiger partial charge in [0.1, 0.15) is 11.2 Å². The van der Waals surface area contributed by atoms with E-state index in [2.05, 4.69) is 0 Å². The Morgan fingerprint density at radius 2 is 0.933 bits per heavy atom.